The highest BCUT2D eigenvalue weighted by atomic mass is 16.4. The Morgan fingerprint density at radius 1 is 1.25 bits per heavy atom. The number of carboxylic acids is 1. The van der Waals surface area contributed by atoms with Gasteiger partial charge in [-0.2, -0.15) is 0 Å². The minimum Gasteiger partial charge on any atom is -0.480 e. The number of hydrogen-bond acceptors (Lipinski definition) is 2. The summed E-state index contributed by atoms with van der Waals surface area (Å²) in [5.41, 5.74) is 0. The predicted molar refractivity (Wildman–Crippen MR) is 62.3 cm³/mol. The number of carbonyl (C=O) groups excluding carboxylic acids is 1. The fourth-order valence-electron chi connectivity index (χ4n) is 1.18. The standard InChI is InChI=1S/C11H22N2O3/c1-7(2)6-9(10(14)15)12-11(16)13(5)8(3)4/h7-9H,6H2,1-5H3,(H,12,16)(H,14,15)/t9-/m1/s1. The molecule has 0 spiro atoms. The molecule has 94 valence electrons. The van der Waals surface area contributed by atoms with Crippen molar-refractivity contribution < 1.29 is 14.7 Å². The molecule has 0 aromatic heterocycles. The van der Waals surface area contributed by atoms with Gasteiger partial charge in [0.2, 0.25) is 0 Å². The molecule has 0 aliphatic heterocycles. The van der Waals surface area contributed by atoms with E-state index in [1.807, 2.05) is 27.7 Å². The third-order valence-electron chi connectivity index (χ3n) is 2.40. The van der Waals surface area contributed by atoms with Gasteiger partial charge in [-0.05, 0) is 26.2 Å². The molecule has 0 aliphatic carbocycles. The van der Waals surface area contributed by atoms with Crippen LogP contribution >= 0.6 is 0 Å². The van der Waals surface area contributed by atoms with Crippen LogP contribution in [0.5, 0.6) is 0 Å². The van der Waals surface area contributed by atoms with Gasteiger partial charge in [0.15, 0.2) is 0 Å². The zero-order valence-corrected chi connectivity index (χ0v) is 10.7. The maximum atomic E-state index is 11.6. The minimum absolute atomic E-state index is 0.0495. The second-order valence-corrected chi connectivity index (χ2v) is 4.67. The van der Waals surface area contributed by atoms with Gasteiger partial charge in [-0.3, -0.25) is 0 Å². The van der Waals surface area contributed by atoms with Crippen molar-refractivity contribution in [2.24, 2.45) is 5.92 Å². The highest BCUT2D eigenvalue weighted by Gasteiger charge is 2.23. The molecule has 0 radical (unpaired) electrons. The van der Waals surface area contributed by atoms with Crippen molar-refractivity contribution in [3.8, 4) is 0 Å². The van der Waals surface area contributed by atoms with Crippen LogP contribution in [0.1, 0.15) is 34.1 Å². The monoisotopic (exact) mass is 230 g/mol. The van der Waals surface area contributed by atoms with Gasteiger partial charge in [-0.1, -0.05) is 13.8 Å². The average molecular weight is 230 g/mol. The molecule has 0 fully saturated rings. The van der Waals surface area contributed by atoms with Crippen molar-refractivity contribution in [2.75, 3.05) is 7.05 Å². The minimum atomic E-state index is -0.987. The summed E-state index contributed by atoms with van der Waals surface area (Å²) in [5.74, 6) is -0.759. The lowest BCUT2D eigenvalue weighted by Gasteiger charge is -2.25. The average Bonchev–Trinajstić information content (AvgIpc) is 2.14. The first-order chi connectivity index (χ1) is 7.25. The Kier molecular flexibility index (Phi) is 5.85. The molecule has 0 rings (SSSR count). The molecule has 0 aliphatic rings. The summed E-state index contributed by atoms with van der Waals surface area (Å²) in [6.07, 6.45) is 0.438. The van der Waals surface area contributed by atoms with Crippen molar-refractivity contribution in [1.82, 2.24) is 10.2 Å². The number of carbonyl (C=O) groups is 2. The van der Waals surface area contributed by atoms with Crippen LogP contribution in [0.15, 0.2) is 0 Å². The normalized spacial score (nSPS) is 12.7. The van der Waals surface area contributed by atoms with Gasteiger partial charge in [0, 0.05) is 13.1 Å². The van der Waals surface area contributed by atoms with Crippen molar-refractivity contribution >= 4 is 12.0 Å². The lowest BCUT2D eigenvalue weighted by Crippen LogP contribution is -2.49. The van der Waals surface area contributed by atoms with Crippen LogP contribution in [-0.4, -0.2) is 41.1 Å². The van der Waals surface area contributed by atoms with E-state index in [4.69, 9.17) is 5.11 Å². The summed E-state index contributed by atoms with van der Waals surface area (Å²) >= 11 is 0. The van der Waals surface area contributed by atoms with Gasteiger partial charge in [0.05, 0.1) is 0 Å². The predicted octanol–water partition coefficient (Wildman–Crippen LogP) is 1.54. The smallest absolute Gasteiger partial charge is 0.326 e. The number of nitrogens with one attached hydrogen (secondary N) is 1. The maximum Gasteiger partial charge on any atom is 0.326 e. The van der Waals surface area contributed by atoms with Crippen molar-refractivity contribution in [3.63, 3.8) is 0 Å². The fraction of sp³-hybridized carbons (Fsp3) is 0.818. The summed E-state index contributed by atoms with van der Waals surface area (Å²) in [6.45, 7) is 7.60. The van der Waals surface area contributed by atoms with E-state index in [0.29, 0.717) is 6.42 Å². The summed E-state index contributed by atoms with van der Waals surface area (Å²) < 4.78 is 0. The van der Waals surface area contributed by atoms with Gasteiger partial charge >= 0.3 is 12.0 Å². The first-order valence-corrected chi connectivity index (χ1v) is 5.51. The van der Waals surface area contributed by atoms with Gasteiger partial charge in [0.1, 0.15) is 6.04 Å². The molecule has 5 nitrogen and oxygen atoms in total. The van der Waals surface area contributed by atoms with Crippen molar-refractivity contribution in [2.45, 2.75) is 46.2 Å². The molecule has 0 saturated carbocycles. The van der Waals surface area contributed by atoms with Crippen LogP contribution in [0.2, 0.25) is 0 Å². The molecular formula is C11H22N2O3. The van der Waals surface area contributed by atoms with Gasteiger partial charge in [0.25, 0.3) is 0 Å². The third-order valence-corrected chi connectivity index (χ3v) is 2.40. The summed E-state index contributed by atoms with van der Waals surface area (Å²) in [6, 6.07) is -1.11. The topological polar surface area (TPSA) is 69.6 Å². The molecule has 0 aromatic carbocycles. The van der Waals surface area contributed by atoms with Crippen LogP contribution in [0.25, 0.3) is 0 Å². The molecule has 16 heavy (non-hydrogen) atoms. The van der Waals surface area contributed by atoms with E-state index < -0.39 is 12.0 Å². The van der Waals surface area contributed by atoms with Crippen molar-refractivity contribution in [3.05, 3.63) is 0 Å². The number of urea groups is 1. The SMILES string of the molecule is CC(C)C[C@@H](NC(=O)N(C)C(C)C)C(=O)O. The van der Waals surface area contributed by atoms with E-state index in [0.717, 1.165) is 0 Å². The van der Waals surface area contributed by atoms with E-state index in [2.05, 4.69) is 5.32 Å². The number of carboxylic acid groups (broad SMARTS) is 1. The number of hydrogen-bond donors (Lipinski definition) is 2. The molecule has 5 heteroatoms. The Morgan fingerprint density at radius 2 is 1.75 bits per heavy atom. The van der Waals surface area contributed by atoms with Gasteiger partial charge in [-0.15, -0.1) is 0 Å². The molecule has 0 saturated heterocycles. The Labute approximate surface area is 96.8 Å². The molecular weight excluding hydrogens is 208 g/mol. The van der Waals surface area contributed by atoms with Gasteiger partial charge in [-0.25, -0.2) is 9.59 Å². The maximum absolute atomic E-state index is 11.6. The Balaban J connectivity index is 4.40. The first-order valence-electron chi connectivity index (χ1n) is 5.51. The molecule has 1 atom stereocenters. The summed E-state index contributed by atoms with van der Waals surface area (Å²) in [5, 5.41) is 11.5. The van der Waals surface area contributed by atoms with Crippen LogP contribution in [0, 0.1) is 5.92 Å². The molecule has 2 amide bonds. The Hall–Kier alpha value is -1.26. The summed E-state index contributed by atoms with van der Waals surface area (Å²) in [4.78, 5) is 24.0. The van der Waals surface area contributed by atoms with E-state index >= 15 is 0 Å². The van der Waals surface area contributed by atoms with E-state index in [1.165, 1.54) is 4.90 Å². The largest absolute Gasteiger partial charge is 0.480 e. The molecule has 2 N–H and O–H groups in total. The second kappa shape index (κ2) is 6.35. The molecule has 0 unspecified atom stereocenters. The summed E-state index contributed by atoms with van der Waals surface area (Å²) in [7, 11) is 1.65. The van der Waals surface area contributed by atoms with Crippen molar-refractivity contribution in [1.29, 1.82) is 0 Å². The number of nitrogens with zero attached hydrogens (tertiary/aromatic N) is 1. The van der Waals surface area contributed by atoms with Crippen LogP contribution in [-0.2, 0) is 4.79 Å². The fourth-order valence-corrected chi connectivity index (χ4v) is 1.18. The zero-order chi connectivity index (χ0) is 12.9. The van der Waals surface area contributed by atoms with E-state index in [-0.39, 0.29) is 18.0 Å². The van der Waals surface area contributed by atoms with E-state index in [1.54, 1.807) is 7.05 Å². The lowest BCUT2D eigenvalue weighted by molar-refractivity contribution is -0.139. The number of rotatable bonds is 5. The number of amides is 2. The van der Waals surface area contributed by atoms with Crippen LogP contribution < -0.4 is 5.32 Å². The van der Waals surface area contributed by atoms with Gasteiger partial charge < -0.3 is 15.3 Å². The Bertz CT molecular complexity index is 252. The highest BCUT2D eigenvalue weighted by Crippen LogP contribution is 2.06. The molecule has 0 heterocycles. The first kappa shape index (κ1) is 14.7. The molecule has 0 bridgehead atoms. The number of aliphatic carboxylic acids is 1. The third kappa shape index (κ3) is 5.00. The quantitative estimate of drug-likeness (QED) is 0.752. The Morgan fingerprint density at radius 3 is 2.06 bits per heavy atom. The zero-order valence-electron chi connectivity index (χ0n) is 10.7. The van der Waals surface area contributed by atoms with Crippen LogP contribution in [0.3, 0.4) is 0 Å². The highest BCUT2D eigenvalue weighted by molar-refractivity contribution is 5.82. The second-order valence-electron chi connectivity index (χ2n) is 4.67. The lowest BCUT2D eigenvalue weighted by atomic mass is 10.0. The van der Waals surface area contributed by atoms with E-state index in [9.17, 15) is 9.59 Å². The van der Waals surface area contributed by atoms with Crippen LogP contribution in [0.4, 0.5) is 4.79 Å². The molecule has 0 aromatic rings.